The van der Waals surface area contributed by atoms with Crippen LogP contribution in [0, 0.1) is 0 Å². The number of nitrogens with one attached hydrogen (secondary N) is 1. The standard InChI is InChI=1S/C59H111NO5/c1-3-5-7-9-11-13-15-17-19-20-21-22-23-24-25-27-31-35-39-43-47-51-57(62)56(55-61)60-58(63)52-48-44-40-36-32-28-26-30-34-38-42-46-50-54-65-59(64)53-49-45-41-37-33-29-18-16-14-12-10-8-6-4-2/h16,18,28,32,47,51,56-57,61-62H,3-15,17,19-27,29-31,33-46,48-50,52-55H2,1-2H3,(H,60,63)/b18-16-,32-28-,51-47+. The zero-order valence-electron chi connectivity index (χ0n) is 43.5. The van der Waals surface area contributed by atoms with E-state index < -0.39 is 12.1 Å². The van der Waals surface area contributed by atoms with Gasteiger partial charge in [0, 0.05) is 12.8 Å². The van der Waals surface area contributed by atoms with Crippen molar-refractivity contribution in [2.75, 3.05) is 13.2 Å². The Morgan fingerprint density at radius 1 is 0.415 bits per heavy atom. The molecule has 1 amide bonds. The Hall–Kier alpha value is -1.92. The maximum absolute atomic E-state index is 12.5. The number of ether oxygens (including phenoxy) is 1. The van der Waals surface area contributed by atoms with Crippen LogP contribution >= 0.6 is 0 Å². The molecule has 0 aliphatic carbocycles. The van der Waals surface area contributed by atoms with Crippen molar-refractivity contribution in [3.8, 4) is 0 Å². The summed E-state index contributed by atoms with van der Waals surface area (Å²) in [5.41, 5.74) is 0. The minimum atomic E-state index is -0.863. The van der Waals surface area contributed by atoms with Gasteiger partial charge in [-0.2, -0.15) is 0 Å². The summed E-state index contributed by atoms with van der Waals surface area (Å²) >= 11 is 0. The van der Waals surface area contributed by atoms with Crippen LogP contribution in [0.15, 0.2) is 36.5 Å². The number of carbonyl (C=O) groups is 2. The van der Waals surface area contributed by atoms with E-state index in [2.05, 4.69) is 43.5 Å². The number of unbranched alkanes of at least 4 members (excludes halogenated alkanes) is 38. The number of carbonyl (C=O) groups excluding carboxylic acids is 2. The first-order chi connectivity index (χ1) is 32.0. The van der Waals surface area contributed by atoms with Gasteiger partial charge in [-0.25, -0.2) is 0 Å². The third-order valence-electron chi connectivity index (χ3n) is 13.1. The van der Waals surface area contributed by atoms with E-state index in [1.165, 1.54) is 205 Å². The first-order valence-corrected chi connectivity index (χ1v) is 28.8. The van der Waals surface area contributed by atoms with Crippen molar-refractivity contribution in [1.29, 1.82) is 0 Å². The van der Waals surface area contributed by atoms with Gasteiger partial charge in [0.1, 0.15) is 0 Å². The van der Waals surface area contributed by atoms with Gasteiger partial charge in [0.25, 0.3) is 0 Å². The SMILES string of the molecule is CCCCCCC/C=C\CCCCCCCC(=O)OCCCCCCCC/C=C\CCCCCC(=O)NC(CO)C(O)/C=C/CCCCCCCCCCCCCCCCCCCCC. The van der Waals surface area contributed by atoms with E-state index in [9.17, 15) is 19.8 Å². The number of aliphatic hydroxyl groups excluding tert-OH is 2. The number of aliphatic hydroxyl groups is 2. The van der Waals surface area contributed by atoms with Gasteiger partial charge in [0.05, 0.1) is 25.4 Å². The molecule has 3 N–H and O–H groups in total. The number of allylic oxidation sites excluding steroid dienone is 5. The lowest BCUT2D eigenvalue weighted by Crippen LogP contribution is -2.45. The maximum atomic E-state index is 12.5. The Kier molecular flexibility index (Phi) is 53.1. The van der Waals surface area contributed by atoms with Gasteiger partial charge in [-0.15, -0.1) is 0 Å². The molecular weight excluding hydrogens is 803 g/mol. The van der Waals surface area contributed by atoms with Crippen LogP contribution in [-0.4, -0.2) is 47.4 Å². The molecule has 0 fully saturated rings. The fraction of sp³-hybridized carbons (Fsp3) is 0.864. The molecule has 6 nitrogen and oxygen atoms in total. The van der Waals surface area contributed by atoms with Crippen molar-refractivity contribution < 1.29 is 24.5 Å². The minimum Gasteiger partial charge on any atom is -0.466 e. The van der Waals surface area contributed by atoms with E-state index in [0.29, 0.717) is 19.4 Å². The zero-order chi connectivity index (χ0) is 47.2. The molecule has 0 radical (unpaired) electrons. The van der Waals surface area contributed by atoms with Crippen LogP contribution in [0.5, 0.6) is 0 Å². The van der Waals surface area contributed by atoms with Crippen LogP contribution in [0.25, 0.3) is 0 Å². The van der Waals surface area contributed by atoms with Gasteiger partial charge in [-0.3, -0.25) is 9.59 Å². The van der Waals surface area contributed by atoms with E-state index in [-0.39, 0.29) is 18.5 Å². The highest BCUT2D eigenvalue weighted by Crippen LogP contribution is 2.16. The second-order valence-corrected chi connectivity index (χ2v) is 19.6. The molecule has 0 spiro atoms. The lowest BCUT2D eigenvalue weighted by molar-refractivity contribution is -0.143. The van der Waals surface area contributed by atoms with Crippen molar-refractivity contribution in [3.63, 3.8) is 0 Å². The Bertz CT molecular complexity index is 1060. The van der Waals surface area contributed by atoms with E-state index >= 15 is 0 Å². The first-order valence-electron chi connectivity index (χ1n) is 28.8. The van der Waals surface area contributed by atoms with Gasteiger partial charge in [0.2, 0.25) is 5.91 Å². The Balaban J connectivity index is 3.54. The Morgan fingerprint density at radius 3 is 1.11 bits per heavy atom. The number of amides is 1. The second kappa shape index (κ2) is 54.7. The van der Waals surface area contributed by atoms with Gasteiger partial charge in [-0.1, -0.05) is 243 Å². The Labute approximate surface area is 404 Å². The molecule has 0 saturated heterocycles. The molecule has 0 saturated carbocycles. The summed E-state index contributed by atoms with van der Waals surface area (Å²) in [6.45, 7) is 4.86. The van der Waals surface area contributed by atoms with Crippen LogP contribution in [0.2, 0.25) is 0 Å². The molecule has 0 bridgehead atoms. The number of rotatable bonds is 53. The lowest BCUT2D eigenvalue weighted by Gasteiger charge is -2.19. The van der Waals surface area contributed by atoms with Crippen molar-refractivity contribution in [2.24, 2.45) is 0 Å². The summed E-state index contributed by atoms with van der Waals surface area (Å²) < 4.78 is 5.45. The van der Waals surface area contributed by atoms with E-state index in [1.54, 1.807) is 6.08 Å². The molecule has 0 aliphatic rings. The highest BCUT2D eigenvalue weighted by molar-refractivity contribution is 5.76. The summed E-state index contributed by atoms with van der Waals surface area (Å²) in [6, 6.07) is -0.649. The van der Waals surface area contributed by atoms with Crippen LogP contribution in [0.3, 0.4) is 0 Å². The van der Waals surface area contributed by atoms with E-state index in [0.717, 1.165) is 70.6 Å². The number of esters is 1. The minimum absolute atomic E-state index is 0.0225. The van der Waals surface area contributed by atoms with Crippen LogP contribution in [0.1, 0.15) is 303 Å². The topological polar surface area (TPSA) is 95.9 Å². The molecule has 0 aromatic heterocycles. The van der Waals surface area contributed by atoms with Crippen molar-refractivity contribution >= 4 is 11.9 Å². The smallest absolute Gasteiger partial charge is 0.305 e. The van der Waals surface area contributed by atoms with Crippen LogP contribution in [-0.2, 0) is 14.3 Å². The summed E-state index contributed by atoms with van der Waals surface area (Å²) in [5, 5.41) is 23.1. The van der Waals surface area contributed by atoms with Gasteiger partial charge < -0.3 is 20.3 Å². The predicted molar refractivity (Wildman–Crippen MR) is 283 cm³/mol. The highest BCUT2D eigenvalue weighted by Gasteiger charge is 2.18. The molecule has 382 valence electrons. The monoisotopic (exact) mass is 914 g/mol. The molecule has 65 heavy (non-hydrogen) atoms. The zero-order valence-corrected chi connectivity index (χ0v) is 43.5. The summed E-state index contributed by atoms with van der Waals surface area (Å²) in [6.07, 6.45) is 67.3. The van der Waals surface area contributed by atoms with Crippen LogP contribution < -0.4 is 5.32 Å². The first kappa shape index (κ1) is 63.1. The number of hydrogen-bond acceptors (Lipinski definition) is 5. The van der Waals surface area contributed by atoms with Crippen molar-refractivity contribution in [3.05, 3.63) is 36.5 Å². The number of hydrogen-bond donors (Lipinski definition) is 3. The summed E-state index contributed by atoms with van der Waals surface area (Å²) in [4.78, 5) is 24.5. The van der Waals surface area contributed by atoms with Crippen LogP contribution in [0.4, 0.5) is 0 Å². The van der Waals surface area contributed by atoms with Crippen molar-refractivity contribution in [1.82, 2.24) is 5.32 Å². The third kappa shape index (κ3) is 51.3. The maximum Gasteiger partial charge on any atom is 0.305 e. The normalized spacial score (nSPS) is 12.9. The van der Waals surface area contributed by atoms with E-state index in [4.69, 9.17) is 4.74 Å². The van der Waals surface area contributed by atoms with Gasteiger partial charge in [0.15, 0.2) is 0 Å². The molecular formula is C59H111NO5. The fourth-order valence-corrected chi connectivity index (χ4v) is 8.68. The molecule has 0 aromatic carbocycles. The lowest BCUT2D eigenvalue weighted by atomic mass is 10.0. The molecule has 2 atom stereocenters. The largest absolute Gasteiger partial charge is 0.466 e. The fourth-order valence-electron chi connectivity index (χ4n) is 8.68. The average molecular weight is 915 g/mol. The van der Waals surface area contributed by atoms with Gasteiger partial charge in [-0.05, 0) is 83.5 Å². The molecule has 2 unspecified atom stereocenters. The Morgan fingerprint density at radius 2 is 0.723 bits per heavy atom. The molecule has 0 aromatic rings. The van der Waals surface area contributed by atoms with Crippen molar-refractivity contribution in [2.45, 2.75) is 315 Å². The highest BCUT2D eigenvalue weighted by atomic mass is 16.5. The average Bonchev–Trinajstić information content (AvgIpc) is 3.31. The predicted octanol–water partition coefficient (Wildman–Crippen LogP) is 17.6. The van der Waals surface area contributed by atoms with E-state index in [1.807, 2.05) is 6.08 Å². The second-order valence-electron chi connectivity index (χ2n) is 19.6. The molecule has 6 heteroatoms. The molecule has 0 heterocycles. The molecule has 0 rings (SSSR count). The quantitative estimate of drug-likeness (QED) is 0.0321. The third-order valence-corrected chi connectivity index (χ3v) is 13.1. The molecule has 0 aliphatic heterocycles. The summed E-state index contributed by atoms with van der Waals surface area (Å²) in [7, 11) is 0. The van der Waals surface area contributed by atoms with Gasteiger partial charge >= 0.3 is 5.97 Å². The summed E-state index contributed by atoms with van der Waals surface area (Å²) in [5.74, 6) is -0.119.